The number of nitrogens with one attached hydrogen (secondary N) is 1. The smallest absolute Gasteiger partial charge is 0.339 e. The molecule has 3 aromatic rings. The van der Waals surface area contributed by atoms with Crippen LogP contribution in [-0.4, -0.2) is 24.3 Å². The molecule has 0 radical (unpaired) electrons. The summed E-state index contributed by atoms with van der Waals surface area (Å²) >= 11 is 1.31. The average Bonchev–Trinajstić information content (AvgIpc) is 3.32. The maximum atomic E-state index is 12.6. The number of hydrogen-bond acceptors (Lipinski definition) is 5. The summed E-state index contributed by atoms with van der Waals surface area (Å²) in [6.07, 6.45) is 0.952. The first-order chi connectivity index (χ1) is 14.5. The van der Waals surface area contributed by atoms with E-state index in [1.165, 1.54) is 23.0 Å². The van der Waals surface area contributed by atoms with Crippen LogP contribution in [0.25, 0.3) is 0 Å². The Morgan fingerprint density at radius 1 is 0.967 bits per heavy atom. The number of carbonyl (C=O) groups is 3. The Balaban J connectivity index is 1.60. The zero-order chi connectivity index (χ0) is 21.5. The fourth-order valence-electron chi connectivity index (χ4n) is 3.02. The molecule has 0 aliphatic rings. The quantitative estimate of drug-likeness (QED) is 0.427. The summed E-state index contributed by atoms with van der Waals surface area (Å²) in [6, 6.07) is 17.7. The first-order valence-electron chi connectivity index (χ1n) is 9.72. The molecule has 0 spiro atoms. The van der Waals surface area contributed by atoms with Gasteiger partial charge in [-0.25, -0.2) is 4.79 Å². The van der Waals surface area contributed by atoms with Crippen molar-refractivity contribution in [3.05, 3.63) is 93.2 Å². The van der Waals surface area contributed by atoms with Gasteiger partial charge in [-0.15, -0.1) is 11.3 Å². The molecule has 0 saturated carbocycles. The average molecular weight is 422 g/mol. The molecule has 1 unspecified atom stereocenters. The Hall–Kier alpha value is -3.25. The highest BCUT2D eigenvalue weighted by Gasteiger charge is 2.20. The predicted molar refractivity (Wildman–Crippen MR) is 117 cm³/mol. The van der Waals surface area contributed by atoms with E-state index in [9.17, 15) is 14.4 Å². The van der Waals surface area contributed by atoms with Gasteiger partial charge >= 0.3 is 5.97 Å². The van der Waals surface area contributed by atoms with E-state index in [-0.39, 0.29) is 23.0 Å². The van der Waals surface area contributed by atoms with Gasteiger partial charge in [0.15, 0.2) is 6.61 Å². The molecule has 1 amide bonds. The molecule has 30 heavy (non-hydrogen) atoms. The summed E-state index contributed by atoms with van der Waals surface area (Å²) in [5.41, 5.74) is 2.60. The monoisotopic (exact) mass is 421 g/mol. The van der Waals surface area contributed by atoms with Crippen molar-refractivity contribution in [3.8, 4) is 0 Å². The van der Waals surface area contributed by atoms with Crippen molar-refractivity contribution in [2.45, 2.75) is 26.3 Å². The maximum absolute atomic E-state index is 12.6. The van der Waals surface area contributed by atoms with Gasteiger partial charge in [-0.3, -0.25) is 9.59 Å². The van der Waals surface area contributed by atoms with Gasteiger partial charge in [-0.1, -0.05) is 55.5 Å². The molecule has 1 atom stereocenters. The van der Waals surface area contributed by atoms with Gasteiger partial charge in [0.05, 0.1) is 16.5 Å². The number of carbonyl (C=O) groups excluding carboxylic acids is 3. The Morgan fingerprint density at radius 2 is 1.67 bits per heavy atom. The lowest BCUT2D eigenvalue weighted by Crippen LogP contribution is -2.31. The van der Waals surface area contributed by atoms with Gasteiger partial charge in [-0.05, 0) is 42.0 Å². The summed E-state index contributed by atoms with van der Waals surface area (Å²) < 4.78 is 5.17. The van der Waals surface area contributed by atoms with E-state index < -0.39 is 18.5 Å². The molecule has 6 heteroatoms. The minimum absolute atomic E-state index is 0.145. The van der Waals surface area contributed by atoms with Gasteiger partial charge in [-0.2, -0.15) is 0 Å². The first kappa shape index (κ1) is 21.5. The van der Waals surface area contributed by atoms with E-state index in [4.69, 9.17) is 4.74 Å². The number of ketones is 1. The normalized spacial score (nSPS) is 11.5. The first-order valence-corrected chi connectivity index (χ1v) is 10.6. The van der Waals surface area contributed by atoms with Crippen LogP contribution in [0.3, 0.4) is 0 Å². The third kappa shape index (κ3) is 5.21. The van der Waals surface area contributed by atoms with Crippen LogP contribution in [0, 0.1) is 0 Å². The lowest BCUT2D eigenvalue weighted by atomic mass is 10.0. The molecule has 0 bridgehead atoms. The summed E-state index contributed by atoms with van der Waals surface area (Å²) in [5, 5.41) is 4.62. The summed E-state index contributed by atoms with van der Waals surface area (Å²) in [7, 11) is 0. The van der Waals surface area contributed by atoms with Crippen LogP contribution in [0.4, 0.5) is 0 Å². The molecule has 0 aliphatic carbocycles. The molecule has 1 heterocycles. The number of ether oxygens (including phenoxy) is 1. The van der Waals surface area contributed by atoms with E-state index in [0.717, 1.165) is 12.0 Å². The second-order valence-corrected chi connectivity index (χ2v) is 7.76. The van der Waals surface area contributed by atoms with Crippen molar-refractivity contribution in [2.24, 2.45) is 0 Å². The van der Waals surface area contributed by atoms with E-state index in [2.05, 4.69) is 12.2 Å². The minimum Gasteiger partial charge on any atom is -0.452 e. The largest absolute Gasteiger partial charge is 0.452 e. The number of hydrogen-bond donors (Lipinski definition) is 1. The molecule has 1 N–H and O–H groups in total. The van der Waals surface area contributed by atoms with Crippen LogP contribution < -0.4 is 5.32 Å². The summed E-state index contributed by atoms with van der Waals surface area (Å²) in [5.74, 6) is -1.35. The molecule has 5 nitrogen and oxygen atoms in total. The molecular weight excluding hydrogens is 398 g/mol. The molecule has 154 valence electrons. The molecule has 3 rings (SSSR count). The topological polar surface area (TPSA) is 72.5 Å². The van der Waals surface area contributed by atoms with E-state index in [1.54, 1.807) is 35.7 Å². The second-order valence-electron chi connectivity index (χ2n) is 6.81. The van der Waals surface area contributed by atoms with E-state index >= 15 is 0 Å². The number of aryl methyl sites for hydroxylation is 1. The number of thiophene rings is 1. The van der Waals surface area contributed by atoms with Crippen LogP contribution in [0.1, 0.15) is 56.6 Å². The molecular formula is C24H23NO4S. The Labute approximate surface area is 179 Å². The Bertz CT molecular complexity index is 1030. The number of rotatable bonds is 8. The molecule has 0 aliphatic heterocycles. The van der Waals surface area contributed by atoms with E-state index in [1.807, 2.05) is 31.2 Å². The SMILES string of the molecule is CCc1ccc(C(C)NC(=O)COC(=O)c2ccccc2C(=O)c2cccs2)cc1. The van der Waals surface area contributed by atoms with E-state index in [0.29, 0.717) is 4.88 Å². The van der Waals surface area contributed by atoms with Crippen LogP contribution in [0.15, 0.2) is 66.0 Å². The highest BCUT2D eigenvalue weighted by molar-refractivity contribution is 7.12. The number of esters is 1. The zero-order valence-electron chi connectivity index (χ0n) is 16.9. The van der Waals surface area contributed by atoms with Crippen LogP contribution in [-0.2, 0) is 16.0 Å². The maximum Gasteiger partial charge on any atom is 0.339 e. The van der Waals surface area contributed by atoms with Gasteiger partial charge in [0.25, 0.3) is 5.91 Å². The molecule has 2 aromatic carbocycles. The lowest BCUT2D eigenvalue weighted by molar-refractivity contribution is -0.124. The van der Waals surface area contributed by atoms with Gasteiger partial charge in [0.2, 0.25) is 5.78 Å². The van der Waals surface area contributed by atoms with Crippen LogP contribution in [0.2, 0.25) is 0 Å². The lowest BCUT2D eigenvalue weighted by Gasteiger charge is -2.15. The Kier molecular flexibility index (Phi) is 7.14. The number of amides is 1. The van der Waals surface area contributed by atoms with Crippen LogP contribution in [0.5, 0.6) is 0 Å². The van der Waals surface area contributed by atoms with Gasteiger partial charge in [0.1, 0.15) is 0 Å². The second kappa shape index (κ2) is 9.98. The standard InChI is InChI=1S/C24H23NO4S/c1-3-17-10-12-18(13-11-17)16(2)25-22(26)15-29-24(28)20-8-5-4-7-19(20)23(27)21-9-6-14-30-21/h4-14,16H,3,15H2,1-2H3,(H,25,26). The van der Waals surface area contributed by atoms with Crippen molar-refractivity contribution in [3.63, 3.8) is 0 Å². The van der Waals surface area contributed by atoms with Crippen molar-refractivity contribution in [1.82, 2.24) is 5.32 Å². The van der Waals surface area contributed by atoms with Gasteiger partial charge in [0, 0.05) is 5.56 Å². The third-order valence-electron chi connectivity index (χ3n) is 4.74. The van der Waals surface area contributed by atoms with Crippen molar-refractivity contribution in [1.29, 1.82) is 0 Å². The minimum atomic E-state index is -0.703. The van der Waals surface area contributed by atoms with Crippen LogP contribution >= 0.6 is 11.3 Å². The molecule has 0 saturated heterocycles. The number of benzene rings is 2. The zero-order valence-corrected chi connectivity index (χ0v) is 17.7. The van der Waals surface area contributed by atoms with Gasteiger partial charge < -0.3 is 10.1 Å². The predicted octanol–water partition coefficient (Wildman–Crippen LogP) is 4.58. The molecule has 1 aromatic heterocycles. The fraction of sp³-hybridized carbons (Fsp3) is 0.208. The van der Waals surface area contributed by atoms with Crippen molar-refractivity contribution in [2.75, 3.05) is 6.61 Å². The summed E-state index contributed by atoms with van der Waals surface area (Å²) in [4.78, 5) is 37.9. The summed E-state index contributed by atoms with van der Waals surface area (Å²) in [6.45, 7) is 3.54. The highest BCUT2D eigenvalue weighted by Crippen LogP contribution is 2.19. The Morgan fingerprint density at radius 3 is 2.30 bits per heavy atom. The third-order valence-corrected chi connectivity index (χ3v) is 5.61. The molecule has 0 fully saturated rings. The fourth-order valence-corrected chi connectivity index (χ4v) is 3.69. The van der Waals surface area contributed by atoms with Crippen molar-refractivity contribution >= 4 is 29.0 Å². The highest BCUT2D eigenvalue weighted by atomic mass is 32.1. The van der Waals surface area contributed by atoms with Crippen molar-refractivity contribution < 1.29 is 19.1 Å².